The third kappa shape index (κ3) is 4.82. The van der Waals surface area contributed by atoms with Crippen molar-refractivity contribution >= 4 is 33.3 Å². The van der Waals surface area contributed by atoms with E-state index in [1.807, 2.05) is 32.0 Å². The summed E-state index contributed by atoms with van der Waals surface area (Å²) in [4.78, 5) is 43.0. The number of hydrogen-bond donors (Lipinski definition) is 3. The number of carbonyl (C=O) groups is 1. The molecule has 3 aromatic heterocycles. The summed E-state index contributed by atoms with van der Waals surface area (Å²) < 4.78 is 0. The van der Waals surface area contributed by atoms with Crippen molar-refractivity contribution in [2.75, 3.05) is 44.2 Å². The Morgan fingerprint density at radius 2 is 2.03 bits per heavy atom. The number of anilines is 1. The van der Waals surface area contributed by atoms with Crippen molar-refractivity contribution in [3.8, 4) is 0 Å². The molecule has 10 heteroatoms. The predicted octanol–water partition coefficient (Wildman–Crippen LogP) is 1.29. The van der Waals surface area contributed by atoms with Crippen molar-refractivity contribution in [2.24, 2.45) is 0 Å². The van der Waals surface area contributed by atoms with E-state index in [-0.39, 0.29) is 24.6 Å². The van der Waals surface area contributed by atoms with E-state index >= 15 is 0 Å². The van der Waals surface area contributed by atoms with Crippen LogP contribution in [0.5, 0.6) is 0 Å². The van der Waals surface area contributed by atoms with Gasteiger partial charge in [0.05, 0.1) is 17.8 Å². The summed E-state index contributed by atoms with van der Waals surface area (Å²) in [6, 6.07) is 5.89. The van der Waals surface area contributed by atoms with Crippen molar-refractivity contribution in [3.63, 3.8) is 0 Å². The van der Waals surface area contributed by atoms with Crippen LogP contribution in [0.3, 0.4) is 0 Å². The third-order valence-electron chi connectivity index (χ3n) is 5.56. The molecule has 0 atom stereocenters. The molecule has 0 saturated carbocycles. The molecule has 0 unspecified atom stereocenters. The van der Waals surface area contributed by atoms with Gasteiger partial charge >= 0.3 is 0 Å². The first-order chi connectivity index (χ1) is 15.5. The van der Waals surface area contributed by atoms with Gasteiger partial charge < -0.3 is 20.3 Å². The number of nitrogens with one attached hydrogen (secondary N) is 2. The molecule has 4 heterocycles. The highest BCUT2D eigenvalue weighted by molar-refractivity contribution is 7.18. The van der Waals surface area contributed by atoms with Gasteiger partial charge in [0.15, 0.2) is 5.69 Å². The molecule has 170 valence electrons. The molecule has 1 aliphatic heterocycles. The van der Waals surface area contributed by atoms with Crippen molar-refractivity contribution in [2.45, 2.75) is 26.8 Å². The van der Waals surface area contributed by atoms with E-state index in [0.717, 1.165) is 54.5 Å². The Morgan fingerprint density at radius 3 is 2.75 bits per heavy atom. The molecular formula is C22H28N6O3S. The van der Waals surface area contributed by atoms with Gasteiger partial charge in [-0.05, 0) is 31.5 Å². The minimum absolute atomic E-state index is 0.105. The van der Waals surface area contributed by atoms with Crippen molar-refractivity contribution in [3.05, 3.63) is 50.5 Å². The number of rotatable bonds is 7. The van der Waals surface area contributed by atoms with E-state index in [1.165, 1.54) is 4.88 Å². The maximum atomic E-state index is 12.5. The quantitative estimate of drug-likeness (QED) is 0.491. The monoisotopic (exact) mass is 456 g/mol. The van der Waals surface area contributed by atoms with E-state index in [9.17, 15) is 9.59 Å². The fourth-order valence-electron chi connectivity index (χ4n) is 3.88. The number of pyridine rings is 1. The molecule has 1 saturated heterocycles. The Hall–Kier alpha value is -2.82. The fraction of sp³-hybridized carbons (Fsp3) is 0.455. The molecule has 9 nitrogen and oxygen atoms in total. The summed E-state index contributed by atoms with van der Waals surface area (Å²) in [5, 5.41) is 11.7. The number of aromatic nitrogens is 3. The summed E-state index contributed by atoms with van der Waals surface area (Å²) in [5.41, 5.74) is 3.27. The number of aromatic amines is 1. The first-order valence-corrected chi connectivity index (χ1v) is 11.7. The van der Waals surface area contributed by atoms with Crippen LogP contribution in [0.25, 0.3) is 10.3 Å². The van der Waals surface area contributed by atoms with Crippen LogP contribution in [0.15, 0.2) is 23.0 Å². The number of aliphatic hydroxyl groups excluding tert-OH is 1. The van der Waals surface area contributed by atoms with Gasteiger partial charge in [-0.1, -0.05) is 6.92 Å². The first kappa shape index (κ1) is 22.4. The Labute approximate surface area is 190 Å². The zero-order chi connectivity index (χ0) is 22.7. The van der Waals surface area contributed by atoms with Crippen LogP contribution in [0.4, 0.5) is 5.69 Å². The first-order valence-electron chi connectivity index (χ1n) is 10.8. The molecule has 32 heavy (non-hydrogen) atoms. The second-order valence-corrected chi connectivity index (χ2v) is 8.98. The molecule has 3 N–H and O–H groups in total. The number of piperazine rings is 1. The normalized spacial score (nSPS) is 14.8. The van der Waals surface area contributed by atoms with Crippen LogP contribution in [0, 0.1) is 6.92 Å². The lowest BCUT2D eigenvalue weighted by Crippen LogP contribution is -2.46. The molecule has 3 aromatic rings. The Balaban J connectivity index is 1.43. The smallest absolute Gasteiger partial charge is 0.272 e. The fourth-order valence-corrected chi connectivity index (χ4v) is 4.93. The molecule has 0 bridgehead atoms. The van der Waals surface area contributed by atoms with E-state index < -0.39 is 0 Å². The van der Waals surface area contributed by atoms with Crippen LogP contribution >= 0.6 is 11.3 Å². The van der Waals surface area contributed by atoms with Crippen LogP contribution in [0.2, 0.25) is 0 Å². The van der Waals surface area contributed by atoms with Gasteiger partial charge in [-0.2, -0.15) is 0 Å². The van der Waals surface area contributed by atoms with E-state index in [1.54, 1.807) is 11.3 Å². The maximum absolute atomic E-state index is 12.5. The van der Waals surface area contributed by atoms with Gasteiger partial charge in [0.25, 0.3) is 11.5 Å². The molecule has 0 radical (unpaired) electrons. The summed E-state index contributed by atoms with van der Waals surface area (Å²) in [6.07, 6.45) is 0.619. The van der Waals surface area contributed by atoms with Crippen LogP contribution < -0.4 is 15.8 Å². The molecule has 1 amide bonds. The second-order valence-electron chi connectivity index (χ2n) is 7.86. The summed E-state index contributed by atoms with van der Waals surface area (Å²) >= 11 is 1.62. The van der Waals surface area contributed by atoms with Crippen LogP contribution in [-0.2, 0) is 13.0 Å². The third-order valence-corrected chi connectivity index (χ3v) is 6.58. The van der Waals surface area contributed by atoms with E-state index in [0.29, 0.717) is 17.8 Å². The van der Waals surface area contributed by atoms with Crippen LogP contribution in [-0.4, -0.2) is 70.2 Å². The van der Waals surface area contributed by atoms with Crippen molar-refractivity contribution in [1.82, 2.24) is 25.2 Å². The Morgan fingerprint density at radius 1 is 1.25 bits per heavy atom. The lowest BCUT2D eigenvalue weighted by Gasteiger charge is -2.36. The van der Waals surface area contributed by atoms with Gasteiger partial charge in [-0.15, -0.1) is 11.3 Å². The zero-order valence-corrected chi connectivity index (χ0v) is 19.2. The van der Waals surface area contributed by atoms with Gasteiger partial charge in [-0.25, -0.2) is 9.97 Å². The highest BCUT2D eigenvalue weighted by atomic mass is 32.1. The minimum atomic E-state index is -0.265. The second kappa shape index (κ2) is 9.76. The highest BCUT2D eigenvalue weighted by Crippen LogP contribution is 2.25. The number of nitrogens with zero attached hydrogens (tertiary/aromatic N) is 4. The molecule has 1 fully saturated rings. The number of hydrogen-bond acceptors (Lipinski definition) is 8. The summed E-state index contributed by atoms with van der Waals surface area (Å²) in [6.45, 7) is 7.96. The number of aryl methyl sites for hydroxylation is 2. The molecule has 0 spiro atoms. The van der Waals surface area contributed by atoms with Gasteiger partial charge in [0, 0.05) is 49.8 Å². The summed E-state index contributed by atoms with van der Waals surface area (Å²) in [7, 11) is 0. The highest BCUT2D eigenvalue weighted by Gasteiger charge is 2.23. The van der Waals surface area contributed by atoms with E-state index in [4.69, 9.17) is 5.11 Å². The zero-order valence-electron chi connectivity index (χ0n) is 18.3. The minimum Gasteiger partial charge on any atom is -0.395 e. The summed E-state index contributed by atoms with van der Waals surface area (Å²) in [5.74, 6) is -0.265. The molecular weight excluding hydrogens is 428 g/mol. The Bertz CT molecular complexity index is 1170. The number of fused-ring (bicyclic) bond motifs is 1. The van der Waals surface area contributed by atoms with Crippen molar-refractivity contribution in [1.29, 1.82) is 0 Å². The van der Waals surface area contributed by atoms with Gasteiger partial charge in [0.1, 0.15) is 10.5 Å². The maximum Gasteiger partial charge on any atom is 0.272 e. The number of H-pyrrole nitrogens is 1. The lowest BCUT2D eigenvalue weighted by molar-refractivity contribution is 0.0940. The molecule has 1 aliphatic rings. The number of thiophene rings is 1. The predicted molar refractivity (Wildman–Crippen MR) is 126 cm³/mol. The lowest BCUT2D eigenvalue weighted by atomic mass is 10.2. The van der Waals surface area contributed by atoms with Gasteiger partial charge in [0.2, 0.25) is 0 Å². The Kier molecular flexibility index (Phi) is 6.83. The SMILES string of the molecule is CCc1nc2sc(CN3CCN(c4ccc(C)nc4C(=O)NCCO)CC3)cc2[nH]c1=O. The largest absolute Gasteiger partial charge is 0.395 e. The van der Waals surface area contributed by atoms with Gasteiger partial charge in [-0.3, -0.25) is 14.5 Å². The standard InChI is InChI=1S/C22H28N6O3S/c1-3-16-20(30)25-17-12-15(32-22(17)26-16)13-27-7-9-28(10-8-27)18-5-4-14(2)24-19(18)21(31)23-6-11-29/h4-5,12,29H,3,6-11,13H2,1-2H3,(H,23,31)(H,25,30). The molecule has 0 aromatic carbocycles. The van der Waals surface area contributed by atoms with Crippen LogP contribution in [0.1, 0.15) is 33.7 Å². The number of carbonyl (C=O) groups excluding carboxylic acids is 1. The average Bonchev–Trinajstić information content (AvgIpc) is 3.18. The topological polar surface area (TPSA) is 114 Å². The molecule has 4 rings (SSSR count). The van der Waals surface area contributed by atoms with E-state index in [2.05, 4.69) is 30.1 Å². The average molecular weight is 457 g/mol. The van der Waals surface area contributed by atoms with Crippen molar-refractivity contribution < 1.29 is 9.90 Å². The molecule has 0 aliphatic carbocycles. The number of amides is 1. The number of aliphatic hydroxyl groups is 1.